The van der Waals surface area contributed by atoms with Gasteiger partial charge in [0.05, 0.1) is 12.7 Å². The number of carbonyl (C=O) groups excluding carboxylic acids is 2. The lowest BCUT2D eigenvalue weighted by molar-refractivity contribution is -0.121. The second-order valence-corrected chi connectivity index (χ2v) is 7.87. The van der Waals surface area contributed by atoms with Gasteiger partial charge in [0.1, 0.15) is 5.78 Å². The maximum atomic E-state index is 12.4. The van der Waals surface area contributed by atoms with Crippen molar-refractivity contribution in [2.24, 2.45) is 17.8 Å². The van der Waals surface area contributed by atoms with Gasteiger partial charge in [-0.3, -0.25) is 4.79 Å². The number of Topliss-reactive ketones (excluding diaryl/α,β-unsaturated/α-hetero) is 1. The third-order valence-electron chi connectivity index (χ3n) is 5.48. The van der Waals surface area contributed by atoms with Gasteiger partial charge >= 0.3 is 6.09 Å². The Morgan fingerprint density at radius 2 is 2.07 bits per heavy atom. The average Bonchev–Trinajstić information content (AvgIpc) is 2.94. The molecule has 0 heterocycles. The topological polar surface area (TPSA) is 75.6 Å². The number of allylic oxidation sites excluding steroid dienone is 3. The minimum atomic E-state index is -0.400. The van der Waals surface area contributed by atoms with Crippen molar-refractivity contribution >= 4 is 11.9 Å². The van der Waals surface area contributed by atoms with Crippen molar-refractivity contribution in [1.29, 1.82) is 0 Å². The minimum Gasteiger partial charge on any atom is -0.450 e. The second kappa shape index (κ2) is 14.4. The van der Waals surface area contributed by atoms with Crippen LogP contribution in [-0.2, 0) is 9.53 Å². The van der Waals surface area contributed by atoms with E-state index in [-0.39, 0.29) is 17.9 Å². The van der Waals surface area contributed by atoms with Crippen LogP contribution in [0.4, 0.5) is 4.79 Å². The summed E-state index contributed by atoms with van der Waals surface area (Å²) in [5, 5.41) is 12.5. The summed E-state index contributed by atoms with van der Waals surface area (Å²) in [4.78, 5) is 23.3. The van der Waals surface area contributed by atoms with Gasteiger partial charge in [-0.2, -0.15) is 0 Å². The highest BCUT2D eigenvalue weighted by Gasteiger charge is 2.37. The number of hydrogen-bond acceptors (Lipinski definition) is 4. The average molecular weight is 394 g/mol. The first-order chi connectivity index (χ1) is 13.5. The maximum absolute atomic E-state index is 12.4. The fourth-order valence-corrected chi connectivity index (χ4v) is 3.75. The minimum absolute atomic E-state index is 0.0296. The van der Waals surface area contributed by atoms with E-state index in [4.69, 9.17) is 4.74 Å². The maximum Gasteiger partial charge on any atom is 0.406 e. The van der Waals surface area contributed by atoms with E-state index in [0.717, 1.165) is 51.4 Å². The molecule has 4 atom stereocenters. The number of ether oxygens (including phenoxy) is 1. The zero-order valence-corrected chi connectivity index (χ0v) is 17.9. The van der Waals surface area contributed by atoms with Gasteiger partial charge < -0.3 is 15.2 Å². The van der Waals surface area contributed by atoms with E-state index in [9.17, 15) is 14.7 Å². The number of aliphatic hydroxyl groups is 1. The normalized spacial score (nSPS) is 23.6. The molecule has 5 nitrogen and oxygen atoms in total. The van der Waals surface area contributed by atoms with Gasteiger partial charge in [-0.05, 0) is 43.9 Å². The zero-order valence-electron chi connectivity index (χ0n) is 17.9. The SMILES string of the molecule is CCCCC[C@H](O)/C=C/[C@H]1[C@H](C)CC(=O)[C@@H]1C/C=C\CCCCOC(=O)NC. The molecule has 0 aliphatic heterocycles. The Bertz CT molecular complexity index is 515. The lowest BCUT2D eigenvalue weighted by Gasteiger charge is -2.17. The van der Waals surface area contributed by atoms with E-state index in [1.54, 1.807) is 7.05 Å². The highest BCUT2D eigenvalue weighted by Crippen LogP contribution is 2.37. The molecule has 0 unspecified atom stereocenters. The third kappa shape index (κ3) is 9.54. The molecule has 1 fully saturated rings. The van der Waals surface area contributed by atoms with E-state index in [1.807, 2.05) is 6.08 Å². The van der Waals surface area contributed by atoms with Gasteiger partial charge in [-0.15, -0.1) is 0 Å². The van der Waals surface area contributed by atoms with Crippen molar-refractivity contribution < 1.29 is 19.4 Å². The van der Waals surface area contributed by atoms with Crippen LogP contribution in [-0.4, -0.2) is 36.7 Å². The number of carbonyl (C=O) groups is 2. The van der Waals surface area contributed by atoms with Crippen LogP contribution >= 0.6 is 0 Å². The molecule has 1 saturated carbocycles. The Kier molecular flexibility index (Phi) is 12.5. The van der Waals surface area contributed by atoms with Crippen LogP contribution in [0.15, 0.2) is 24.3 Å². The lowest BCUT2D eigenvalue weighted by atomic mass is 9.87. The number of ketones is 1. The largest absolute Gasteiger partial charge is 0.450 e. The molecule has 1 amide bonds. The predicted molar refractivity (Wildman–Crippen MR) is 113 cm³/mol. The first kappa shape index (κ1) is 24.4. The van der Waals surface area contributed by atoms with Crippen molar-refractivity contribution in [2.45, 2.75) is 77.7 Å². The highest BCUT2D eigenvalue weighted by molar-refractivity contribution is 5.84. The van der Waals surface area contributed by atoms with E-state index >= 15 is 0 Å². The van der Waals surface area contributed by atoms with Crippen LogP contribution in [0.3, 0.4) is 0 Å². The molecule has 2 N–H and O–H groups in total. The number of rotatable bonds is 13. The molecule has 0 bridgehead atoms. The van der Waals surface area contributed by atoms with Crippen molar-refractivity contribution in [1.82, 2.24) is 5.32 Å². The van der Waals surface area contributed by atoms with Gasteiger partial charge in [0.25, 0.3) is 0 Å². The molecule has 0 aromatic carbocycles. The third-order valence-corrected chi connectivity index (χ3v) is 5.48. The summed E-state index contributed by atoms with van der Waals surface area (Å²) in [6, 6.07) is 0. The summed E-state index contributed by atoms with van der Waals surface area (Å²) in [5.74, 6) is 0.930. The fourth-order valence-electron chi connectivity index (χ4n) is 3.75. The molecule has 28 heavy (non-hydrogen) atoms. The van der Waals surface area contributed by atoms with Crippen molar-refractivity contribution in [2.75, 3.05) is 13.7 Å². The van der Waals surface area contributed by atoms with E-state index < -0.39 is 6.10 Å². The lowest BCUT2D eigenvalue weighted by Crippen LogP contribution is -2.19. The molecule has 1 aliphatic carbocycles. The number of amides is 1. The Balaban J connectivity index is 2.36. The van der Waals surface area contributed by atoms with Crippen molar-refractivity contribution in [3.63, 3.8) is 0 Å². The first-order valence-corrected chi connectivity index (χ1v) is 10.9. The van der Waals surface area contributed by atoms with Gasteiger partial charge in [-0.1, -0.05) is 57.4 Å². The quantitative estimate of drug-likeness (QED) is 0.348. The van der Waals surface area contributed by atoms with Crippen molar-refractivity contribution in [3.05, 3.63) is 24.3 Å². The molecule has 0 spiro atoms. The Morgan fingerprint density at radius 3 is 2.79 bits per heavy atom. The summed E-state index contributed by atoms with van der Waals surface area (Å²) in [7, 11) is 1.55. The van der Waals surface area contributed by atoms with E-state index in [2.05, 4.69) is 37.4 Å². The molecule has 160 valence electrons. The van der Waals surface area contributed by atoms with Crippen LogP contribution in [0.25, 0.3) is 0 Å². The number of nitrogens with one attached hydrogen (secondary N) is 1. The summed E-state index contributed by atoms with van der Waals surface area (Å²) in [6.07, 6.45) is 15.7. The Labute approximate surface area is 170 Å². The zero-order chi connectivity index (χ0) is 20.8. The van der Waals surface area contributed by atoms with Crippen LogP contribution in [0.5, 0.6) is 0 Å². The standard InChI is InChI=1S/C23H39NO4/c1-4-5-9-12-19(25)14-15-20-18(2)17-22(26)21(20)13-10-7-6-8-11-16-28-23(27)24-3/h7,10,14-15,18-21,25H,4-6,8-9,11-13,16-17H2,1-3H3,(H,24,27)/b10-7-,15-14+/t18-,19+,20+,21-/m1/s1. The molecule has 0 aromatic rings. The van der Waals surface area contributed by atoms with Gasteiger partial charge in [-0.25, -0.2) is 4.79 Å². The van der Waals surface area contributed by atoms with Gasteiger partial charge in [0.15, 0.2) is 0 Å². The van der Waals surface area contributed by atoms with Crippen LogP contribution in [0.1, 0.15) is 71.6 Å². The van der Waals surface area contributed by atoms with E-state index in [1.165, 1.54) is 0 Å². The number of aliphatic hydroxyl groups excluding tert-OH is 1. The molecule has 0 radical (unpaired) electrons. The number of alkyl carbamates (subject to hydrolysis) is 1. The summed E-state index contributed by atoms with van der Waals surface area (Å²) >= 11 is 0. The summed E-state index contributed by atoms with van der Waals surface area (Å²) in [6.45, 7) is 4.72. The number of hydrogen-bond donors (Lipinski definition) is 2. The Morgan fingerprint density at radius 1 is 1.29 bits per heavy atom. The van der Waals surface area contributed by atoms with Crippen molar-refractivity contribution in [3.8, 4) is 0 Å². The van der Waals surface area contributed by atoms with E-state index in [0.29, 0.717) is 24.7 Å². The molecule has 1 rings (SSSR count). The molecular weight excluding hydrogens is 354 g/mol. The summed E-state index contributed by atoms with van der Waals surface area (Å²) < 4.78 is 4.95. The molecule has 0 aromatic heterocycles. The Hall–Kier alpha value is -1.62. The van der Waals surface area contributed by atoms with Gasteiger partial charge in [0, 0.05) is 19.4 Å². The smallest absolute Gasteiger partial charge is 0.406 e. The molecule has 5 heteroatoms. The monoisotopic (exact) mass is 393 g/mol. The molecule has 0 saturated heterocycles. The summed E-state index contributed by atoms with van der Waals surface area (Å²) in [5.41, 5.74) is 0. The second-order valence-electron chi connectivity index (χ2n) is 7.87. The van der Waals surface area contributed by atoms with Crippen LogP contribution in [0.2, 0.25) is 0 Å². The van der Waals surface area contributed by atoms with Crippen LogP contribution < -0.4 is 5.32 Å². The molecule has 1 aliphatic rings. The van der Waals surface area contributed by atoms with Gasteiger partial charge in [0.2, 0.25) is 0 Å². The number of unbranched alkanes of at least 4 members (excludes halogenated alkanes) is 4. The molecular formula is C23H39NO4. The highest BCUT2D eigenvalue weighted by atomic mass is 16.5. The fraction of sp³-hybridized carbons (Fsp3) is 0.739. The first-order valence-electron chi connectivity index (χ1n) is 10.9. The van der Waals surface area contributed by atoms with Crippen LogP contribution in [0, 0.1) is 17.8 Å². The predicted octanol–water partition coefficient (Wildman–Crippen LogP) is 4.80.